The molecule has 0 fully saturated rings. The van der Waals surface area contributed by atoms with Crippen molar-refractivity contribution in [3.8, 4) is 17.0 Å². The fraction of sp³-hybridized carbons (Fsp3) is 0.0769. The van der Waals surface area contributed by atoms with Crippen LogP contribution in [-0.4, -0.2) is 26.5 Å². The van der Waals surface area contributed by atoms with Crippen molar-refractivity contribution >= 4 is 6.29 Å². The van der Waals surface area contributed by atoms with Gasteiger partial charge in [0.25, 0.3) is 0 Å². The molecule has 0 aliphatic rings. The van der Waals surface area contributed by atoms with Gasteiger partial charge in [-0.05, 0) is 47.2 Å². The molecule has 1 aromatic carbocycles. The summed E-state index contributed by atoms with van der Waals surface area (Å²) in [6, 6.07) is 9.20. The molecule has 0 spiro atoms. The molecule has 3 rings (SSSR count). The molecule has 94 valence electrons. The van der Waals surface area contributed by atoms with E-state index in [1.165, 1.54) is 6.33 Å². The molecule has 0 aliphatic heterocycles. The van der Waals surface area contributed by atoms with Crippen molar-refractivity contribution in [3.05, 3.63) is 48.0 Å². The number of benzene rings is 1. The van der Waals surface area contributed by atoms with Crippen LogP contribution in [0.5, 0.6) is 0 Å². The van der Waals surface area contributed by atoms with E-state index in [4.69, 9.17) is 4.42 Å². The molecule has 0 N–H and O–H groups in total. The van der Waals surface area contributed by atoms with Crippen LogP contribution in [0.2, 0.25) is 0 Å². The van der Waals surface area contributed by atoms with Crippen molar-refractivity contribution in [1.82, 2.24) is 20.2 Å². The summed E-state index contributed by atoms with van der Waals surface area (Å²) in [5, 5.41) is 11.0. The quantitative estimate of drug-likeness (QED) is 0.669. The summed E-state index contributed by atoms with van der Waals surface area (Å²) in [4.78, 5) is 10.7. The smallest absolute Gasteiger partial charge is 0.185 e. The molecule has 0 saturated heterocycles. The SMILES string of the molecule is Cc1ccc(-n2cnnn2)cc1-c1ccc(C=O)o1. The molecule has 3 aromatic rings. The Kier molecular flexibility index (Phi) is 2.68. The Morgan fingerprint density at radius 1 is 1.26 bits per heavy atom. The highest BCUT2D eigenvalue weighted by Crippen LogP contribution is 2.27. The van der Waals surface area contributed by atoms with Gasteiger partial charge in [0, 0.05) is 5.56 Å². The van der Waals surface area contributed by atoms with Crippen LogP contribution in [0.3, 0.4) is 0 Å². The summed E-state index contributed by atoms with van der Waals surface area (Å²) in [7, 11) is 0. The summed E-state index contributed by atoms with van der Waals surface area (Å²) in [6.45, 7) is 1.97. The van der Waals surface area contributed by atoms with E-state index < -0.39 is 0 Å². The number of hydrogen-bond donors (Lipinski definition) is 0. The number of aryl methyl sites for hydroxylation is 1. The molecule has 6 heteroatoms. The van der Waals surface area contributed by atoms with Crippen LogP contribution in [0.15, 0.2) is 41.1 Å². The summed E-state index contributed by atoms with van der Waals surface area (Å²) >= 11 is 0. The van der Waals surface area contributed by atoms with E-state index in [1.807, 2.05) is 25.1 Å². The predicted octanol–water partition coefficient (Wildman–Crippen LogP) is 2.04. The highest BCUT2D eigenvalue weighted by molar-refractivity contribution is 5.74. The topological polar surface area (TPSA) is 73.8 Å². The van der Waals surface area contributed by atoms with E-state index in [0.717, 1.165) is 16.8 Å². The Labute approximate surface area is 108 Å². The van der Waals surface area contributed by atoms with Crippen molar-refractivity contribution in [1.29, 1.82) is 0 Å². The van der Waals surface area contributed by atoms with E-state index in [9.17, 15) is 4.79 Å². The maximum atomic E-state index is 10.7. The Bertz CT molecular complexity index is 716. The molecule has 2 heterocycles. The van der Waals surface area contributed by atoms with E-state index in [1.54, 1.807) is 16.8 Å². The van der Waals surface area contributed by atoms with Crippen molar-refractivity contribution in [2.45, 2.75) is 6.92 Å². The summed E-state index contributed by atoms with van der Waals surface area (Å²) in [6.07, 6.45) is 2.21. The normalized spacial score (nSPS) is 10.6. The average molecular weight is 254 g/mol. The number of aromatic nitrogens is 4. The second-order valence-electron chi connectivity index (χ2n) is 4.07. The zero-order valence-electron chi connectivity index (χ0n) is 10.1. The predicted molar refractivity (Wildman–Crippen MR) is 67.0 cm³/mol. The number of carbonyl (C=O) groups is 1. The molecule has 0 bridgehead atoms. The fourth-order valence-electron chi connectivity index (χ4n) is 1.86. The van der Waals surface area contributed by atoms with Gasteiger partial charge in [-0.1, -0.05) is 6.07 Å². The third kappa shape index (κ3) is 2.03. The zero-order valence-corrected chi connectivity index (χ0v) is 10.1. The van der Waals surface area contributed by atoms with Gasteiger partial charge in [0.05, 0.1) is 5.69 Å². The number of nitrogens with zero attached hydrogens (tertiary/aromatic N) is 4. The molecule has 0 saturated carbocycles. The van der Waals surface area contributed by atoms with Gasteiger partial charge in [-0.15, -0.1) is 5.10 Å². The van der Waals surface area contributed by atoms with Gasteiger partial charge in [-0.25, -0.2) is 4.68 Å². The van der Waals surface area contributed by atoms with Crippen LogP contribution < -0.4 is 0 Å². The lowest BCUT2D eigenvalue weighted by molar-refractivity contribution is 0.110. The highest BCUT2D eigenvalue weighted by atomic mass is 16.3. The van der Waals surface area contributed by atoms with E-state index >= 15 is 0 Å². The molecule has 0 atom stereocenters. The lowest BCUT2D eigenvalue weighted by atomic mass is 10.1. The first-order valence-corrected chi connectivity index (χ1v) is 5.67. The third-order valence-electron chi connectivity index (χ3n) is 2.84. The van der Waals surface area contributed by atoms with E-state index in [-0.39, 0.29) is 0 Å². The summed E-state index contributed by atoms with van der Waals surface area (Å²) < 4.78 is 7.01. The Balaban J connectivity index is 2.10. The minimum absolute atomic E-state index is 0.308. The molecule has 0 aliphatic carbocycles. The summed E-state index contributed by atoms with van der Waals surface area (Å²) in [5.74, 6) is 0.955. The first-order chi connectivity index (χ1) is 9.28. The van der Waals surface area contributed by atoms with Crippen molar-refractivity contribution in [2.75, 3.05) is 0 Å². The minimum Gasteiger partial charge on any atom is -0.453 e. The van der Waals surface area contributed by atoms with Crippen molar-refractivity contribution < 1.29 is 9.21 Å². The second-order valence-corrected chi connectivity index (χ2v) is 4.07. The van der Waals surface area contributed by atoms with E-state index in [0.29, 0.717) is 17.8 Å². The second kappa shape index (κ2) is 4.49. The minimum atomic E-state index is 0.308. The van der Waals surface area contributed by atoms with Crippen LogP contribution in [0.4, 0.5) is 0 Å². The number of tetrazole rings is 1. The average Bonchev–Trinajstić information content (AvgIpc) is 3.10. The molecule has 0 radical (unpaired) electrons. The summed E-state index contributed by atoms with van der Waals surface area (Å²) in [5.41, 5.74) is 2.78. The molecule has 0 amide bonds. The number of carbonyl (C=O) groups excluding carboxylic acids is 1. The molecule has 19 heavy (non-hydrogen) atoms. The highest BCUT2D eigenvalue weighted by Gasteiger charge is 2.09. The monoisotopic (exact) mass is 254 g/mol. The number of hydrogen-bond acceptors (Lipinski definition) is 5. The largest absolute Gasteiger partial charge is 0.453 e. The van der Waals surface area contributed by atoms with Crippen LogP contribution in [0, 0.1) is 6.92 Å². The van der Waals surface area contributed by atoms with Crippen LogP contribution in [0.25, 0.3) is 17.0 Å². The van der Waals surface area contributed by atoms with Gasteiger partial charge in [-0.2, -0.15) is 0 Å². The number of rotatable bonds is 3. The van der Waals surface area contributed by atoms with E-state index in [2.05, 4.69) is 15.5 Å². The first kappa shape index (κ1) is 11.3. The van der Waals surface area contributed by atoms with Gasteiger partial charge in [0.2, 0.25) is 0 Å². The Morgan fingerprint density at radius 3 is 2.84 bits per heavy atom. The maximum Gasteiger partial charge on any atom is 0.185 e. The molecule has 2 aromatic heterocycles. The lowest BCUT2D eigenvalue weighted by Crippen LogP contribution is -1.96. The molecule has 6 nitrogen and oxygen atoms in total. The lowest BCUT2D eigenvalue weighted by Gasteiger charge is -2.06. The van der Waals surface area contributed by atoms with Crippen molar-refractivity contribution in [2.24, 2.45) is 0 Å². The van der Waals surface area contributed by atoms with Crippen molar-refractivity contribution in [3.63, 3.8) is 0 Å². The Morgan fingerprint density at radius 2 is 2.16 bits per heavy atom. The first-order valence-electron chi connectivity index (χ1n) is 5.67. The standard InChI is InChI=1S/C13H10N4O2/c1-9-2-3-10(17-8-14-15-16-17)6-12(9)13-5-4-11(7-18)19-13/h2-8H,1H3. The molecular formula is C13H10N4O2. The number of furan rings is 1. The van der Waals surface area contributed by atoms with Gasteiger partial charge in [0.15, 0.2) is 12.0 Å². The van der Waals surface area contributed by atoms with Gasteiger partial charge < -0.3 is 4.42 Å². The third-order valence-corrected chi connectivity index (χ3v) is 2.84. The van der Waals surface area contributed by atoms with Gasteiger partial charge in [0.1, 0.15) is 12.1 Å². The zero-order chi connectivity index (χ0) is 13.2. The molecule has 0 unspecified atom stereocenters. The Hall–Kier alpha value is -2.76. The van der Waals surface area contributed by atoms with Crippen LogP contribution in [0.1, 0.15) is 16.1 Å². The number of aldehydes is 1. The molecular weight excluding hydrogens is 244 g/mol. The maximum absolute atomic E-state index is 10.7. The fourth-order valence-corrected chi connectivity index (χ4v) is 1.86. The van der Waals surface area contributed by atoms with Gasteiger partial charge >= 0.3 is 0 Å². The van der Waals surface area contributed by atoms with Crippen LogP contribution >= 0.6 is 0 Å². The van der Waals surface area contributed by atoms with Gasteiger partial charge in [-0.3, -0.25) is 4.79 Å². The van der Waals surface area contributed by atoms with Crippen LogP contribution in [-0.2, 0) is 0 Å².